The number of hydrogen-bond donors (Lipinski definition) is 1. The standard InChI is InChI=1S/C5H6FNO3S/c1-7-3-2-4(5(7)6)11(8,9)10/h2-3H,1H3,(H,8,9,10). The average molecular weight is 179 g/mol. The van der Waals surface area contributed by atoms with Crippen LogP contribution >= 0.6 is 0 Å². The normalized spacial score (nSPS) is 11.9. The quantitative estimate of drug-likeness (QED) is 0.635. The summed E-state index contributed by atoms with van der Waals surface area (Å²) in [5.41, 5.74) is 0. The van der Waals surface area contributed by atoms with Gasteiger partial charge >= 0.3 is 0 Å². The van der Waals surface area contributed by atoms with E-state index in [1.165, 1.54) is 13.2 Å². The highest BCUT2D eigenvalue weighted by Crippen LogP contribution is 2.13. The van der Waals surface area contributed by atoms with Crippen molar-refractivity contribution >= 4 is 10.1 Å². The Kier molecular flexibility index (Phi) is 1.73. The number of hydrogen-bond acceptors (Lipinski definition) is 2. The highest BCUT2D eigenvalue weighted by atomic mass is 32.2. The second-order valence-corrected chi connectivity index (χ2v) is 3.45. The van der Waals surface area contributed by atoms with Crippen LogP contribution in [0.25, 0.3) is 0 Å². The van der Waals surface area contributed by atoms with Crippen molar-refractivity contribution < 1.29 is 17.4 Å². The first kappa shape index (κ1) is 8.22. The topological polar surface area (TPSA) is 59.3 Å². The fourth-order valence-corrected chi connectivity index (χ4v) is 1.27. The molecular formula is C5H6FNO3S. The van der Waals surface area contributed by atoms with Crippen LogP contribution in [-0.2, 0) is 17.2 Å². The third-order valence-corrected chi connectivity index (χ3v) is 2.10. The van der Waals surface area contributed by atoms with Gasteiger partial charge in [0.2, 0.25) is 5.95 Å². The van der Waals surface area contributed by atoms with Crippen molar-refractivity contribution in [3.63, 3.8) is 0 Å². The van der Waals surface area contributed by atoms with E-state index in [4.69, 9.17) is 4.55 Å². The molecule has 1 heterocycles. The molecule has 0 aromatic carbocycles. The molecule has 6 heteroatoms. The van der Waals surface area contributed by atoms with Crippen LogP contribution in [0.2, 0.25) is 0 Å². The van der Waals surface area contributed by atoms with Crippen LogP contribution in [0, 0.1) is 5.95 Å². The zero-order valence-electron chi connectivity index (χ0n) is 5.65. The molecule has 0 fully saturated rings. The maximum Gasteiger partial charge on any atom is 0.299 e. The first-order chi connectivity index (χ1) is 4.93. The molecule has 0 aliphatic rings. The minimum absolute atomic E-state index is 0.694. The van der Waals surface area contributed by atoms with Gasteiger partial charge in [-0.3, -0.25) is 4.55 Å². The van der Waals surface area contributed by atoms with Crippen LogP contribution in [0.15, 0.2) is 17.2 Å². The Hall–Kier alpha value is -0.880. The largest absolute Gasteiger partial charge is 0.327 e. The van der Waals surface area contributed by atoms with E-state index in [9.17, 15) is 12.8 Å². The maximum absolute atomic E-state index is 12.7. The van der Waals surface area contributed by atoms with Gasteiger partial charge in [0.05, 0.1) is 0 Å². The third-order valence-electron chi connectivity index (χ3n) is 1.24. The summed E-state index contributed by atoms with van der Waals surface area (Å²) in [6.07, 6.45) is 1.21. The Balaban J connectivity index is 3.38. The molecule has 1 rings (SSSR count). The summed E-state index contributed by atoms with van der Waals surface area (Å²) in [7, 11) is -3.07. The average Bonchev–Trinajstić information content (AvgIpc) is 2.11. The van der Waals surface area contributed by atoms with Crippen molar-refractivity contribution in [3.05, 3.63) is 18.2 Å². The molecule has 0 spiro atoms. The molecule has 1 aromatic heterocycles. The first-order valence-corrected chi connectivity index (χ1v) is 4.15. The molecule has 0 amide bonds. The predicted molar refractivity (Wildman–Crippen MR) is 35.2 cm³/mol. The van der Waals surface area contributed by atoms with E-state index in [1.807, 2.05) is 0 Å². The van der Waals surface area contributed by atoms with Crippen LogP contribution in [-0.4, -0.2) is 17.5 Å². The fourth-order valence-electron chi connectivity index (χ4n) is 0.680. The van der Waals surface area contributed by atoms with Crippen molar-refractivity contribution in [2.75, 3.05) is 0 Å². The molecule has 0 aliphatic carbocycles. The van der Waals surface area contributed by atoms with Gasteiger partial charge in [-0.15, -0.1) is 0 Å². The Labute approximate surface area is 63.0 Å². The monoisotopic (exact) mass is 179 g/mol. The molecule has 0 radical (unpaired) electrons. The summed E-state index contributed by atoms with van der Waals surface area (Å²) in [4.78, 5) is -0.694. The Morgan fingerprint density at radius 2 is 2.18 bits per heavy atom. The third kappa shape index (κ3) is 1.41. The number of halogens is 1. The van der Waals surface area contributed by atoms with E-state index in [0.29, 0.717) is 0 Å². The van der Waals surface area contributed by atoms with Crippen molar-refractivity contribution in [1.82, 2.24) is 4.57 Å². The molecule has 0 unspecified atom stereocenters. The van der Waals surface area contributed by atoms with E-state index < -0.39 is 21.0 Å². The molecule has 0 atom stereocenters. The minimum Gasteiger partial charge on any atom is -0.327 e. The minimum atomic E-state index is -4.41. The van der Waals surface area contributed by atoms with Crippen molar-refractivity contribution in [2.24, 2.45) is 7.05 Å². The molecule has 62 valence electrons. The Morgan fingerprint density at radius 1 is 1.64 bits per heavy atom. The van der Waals surface area contributed by atoms with Gasteiger partial charge in [0.1, 0.15) is 4.90 Å². The van der Waals surface area contributed by atoms with E-state index in [1.54, 1.807) is 0 Å². The zero-order chi connectivity index (χ0) is 8.65. The van der Waals surface area contributed by atoms with Gasteiger partial charge in [-0.05, 0) is 6.07 Å². The van der Waals surface area contributed by atoms with Crippen LogP contribution < -0.4 is 0 Å². The maximum atomic E-state index is 12.7. The smallest absolute Gasteiger partial charge is 0.299 e. The fraction of sp³-hybridized carbons (Fsp3) is 0.200. The summed E-state index contributed by atoms with van der Waals surface area (Å²) in [6, 6.07) is 0.991. The molecule has 0 aliphatic heterocycles. The SMILES string of the molecule is Cn1ccc(S(=O)(=O)O)c1F. The molecule has 1 N–H and O–H groups in total. The highest BCUT2D eigenvalue weighted by molar-refractivity contribution is 7.85. The van der Waals surface area contributed by atoms with Crippen molar-refractivity contribution in [3.8, 4) is 0 Å². The summed E-state index contributed by atoms with van der Waals surface area (Å²) in [5, 5.41) is 0. The highest BCUT2D eigenvalue weighted by Gasteiger charge is 2.17. The summed E-state index contributed by atoms with van der Waals surface area (Å²) >= 11 is 0. The van der Waals surface area contributed by atoms with E-state index in [0.717, 1.165) is 10.6 Å². The van der Waals surface area contributed by atoms with Gasteiger partial charge in [0.15, 0.2) is 0 Å². The van der Waals surface area contributed by atoms with Crippen LogP contribution in [0.5, 0.6) is 0 Å². The first-order valence-electron chi connectivity index (χ1n) is 2.71. The van der Waals surface area contributed by atoms with Gasteiger partial charge in [0, 0.05) is 13.2 Å². The lowest BCUT2D eigenvalue weighted by molar-refractivity contribution is 0.461. The van der Waals surface area contributed by atoms with Gasteiger partial charge in [-0.1, -0.05) is 0 Å². The van der Waals surface area contributed by atoms with E-state index >= 15 is 0 Å². The molecule has 0 saturated heterocycles. The molecule has 4 nitrogen and oxygen atoms in total. The van der Waals surface area contributed by atoms with Crippen molar-refractivity contribution in [2.45, 2.75) is 4.90 Å². The van der Waals surface area contributed by atoms with Crippen LogP contribution in [0.3, 0.4) is 0 Å². The molecular weight excluding hydrogens is 173 g/mol. The van der Waals surface area contributed by atoms with E-state index in [-0.39, 0.29) is 0 Å². The number of nitrogens with zero attached hydrogens (tertiary/aromatic N) is 1. The number of aromatic nitrogens is 1. The van der Waals surface area contributed by atoms with E-state index in [2.05, 4.69) is 0 Å². The lowest BCUT2D eigenvalue weighted by Crippen LogP contribution is -2.01. The van der Waals surface area contributed by atoms with Crippen LogP contribution in [0.1, 0.15) is 0 Å². The molecule has 0 saturated carbocycles. The summed E-state index contributed by atoms with van der Waals surface area (Å²) in [5.74, 6) is -0.965. The second kappa shape index (κ2) is 2.31. The Morgan fingerprint density at radius 3 is 2.36 bits per heavy atom. The van der Waals surface area contributed by atoms with Gasteiger partial charge in [-0.25, -0.2) is 0 Å². The molecule has 0 bridgehead atoms. The summed E-state index contributed by atoms with van der Waals surface area (Å²) in [6.45, 7) is 0. The molecule has 1 aromatic rings. The lowest BCUT2D eigenvalue weighted by Gasteiger charge is -1.92. The number of aryl methyl sites for hydroxylation is 1. The second-order valence-electron chi connectivity index (χ2n) is 2.06. The lowest BCUT2D eigenvalue weighted by atomic mass is 10.7. The van der Waals surface area contributed by atoms with Gasteiger partial charge in [-0.2, -0.15) is 12.8 Å². The van der Waals surface area contributed by atoms with Gasteiger partial charge < -0.3 is 4.57 Å². The molecule has 11 heavy (non-hydrogen) atoms. The Bertz CT molecular complexity index is 367. The van der Waals surface area contributed by atoms with Gasteiger partial charge in [0.25, 0.3) is 10.1 Å². The number of rotatable bonds is 1. The summed E-state index contributed by atoms with van der Waals surface area (Å²) < 4.78 is 42.8. The van der Waals surface area contributed by atoms with Crippen LogP contribution in [0.4, 0.5) is 4.39 Å². The predicted octanol–water partition coefficient (Wildman–Crippen LogP) is 0.411. The zero-order valence-corrected chi connectivity index (χ0v) is 6.47. The van der Waals surface area contributed by atoms with Crippen molar-refractivity contribution in [1.29, 1.82) is 0 Å².